The molecule has 0 aromatic carbocycles. The third kappa shape index (κ3) is 17.3. The molecule has 0 aliphatic carbocycles. The molecule has 0 bridgehead atoms. The Hall–Kier alpha value is -1.32. The monoisotopic (exact) mass is 410 g/mol. The van der Waals surface area contributed by atoms with Gasteiger partial charge in [-0.2, -0.15) is 0 Å². The van der Waals surface area contributed by atoms with Crippen LogP contribution in [0.5, 0.6) is 0 Å². The zero-order valence-corrected chi connectivity index (χ0v) is 19.5. The number of carbonyl (C=O) groups is 2. The summed E-state index contributed by atoms with van der Waals surface area (Å²) >= 11 is 0. The van der Waals surface area contributed by atoms with Crippen LogP contribution in [0.25, 0.3) is 0 Å². The quantitative estimate of drug-likeness (QED) is 0.129. The van der Waals surface area contributed by atoms with Gasteiger partial charge in [0.05, 0.1) is 6.61 Å². The van der Waals surface area contributed by atoms with Crippen LogP contribution < -0.4 is 0 Å². The minimum atomic E-state index is -0.466. The van der Waals surface area contributed by atoms with E-state index in [2.05, 4.69) is 20.8 Å². The predicted molar refractivity (Wildman–Crippen MR) is 121 cm³/mol. The average molecular weight is 411 g/mol. The number of hydrogen-bond acceptors (Lipinski definition) is 4. The van der Waals surface area contributed by atoms with Crippen LogP contribution in [0.2, 0.25) is 0 Å². The molecule has 0 aromatic heterocycles. The molecular weight excluding hydrogens is 364 g/mol. The van der Waals surface area contributed by atoms with E-state index in [1.54, 1.807) is 0 Å². The normalized spacial score (nSPS) is 12.4. The van der Waals surface area contributed by atoms with E-state index in [0.717, 1.165) is 44.9 Å². The zero-order chi connectivity index (χ0) is 21.7. The topological polar surface area (TPSA) is 52.6 Å². The molecule has 0 aliphatic heterocycles. The second-order valence-corrected chi connectivity index (χ2v) is 8.06. The third-order valence-corrected chi connectivity index (χ3v) is 5.64. The van der Waals surface area contributed by atoms with Crippen molar-refractivity contribution >= 4 is 11.9 Å². The predicted octanol–water partition coefficient (Wildman–Crippen LogP) is 7.15. The summed E-state index contributed by atoms with van der Waals surface area (Å²) in [6, 6.07) is 0. The Morgan fingerprint density at radius 1 is 0.690 bits per heavy atom. The maximum absolute atomic E-state index is 11.9. The second kappa shape index (κ2) is 20.0. The first-order valence-electron chi connectivity index (χ1n) is 12.1. The molecule has 0 saturated carbocycles. The molecule has 4 heteroatoms. The molecule has 29 heavy (non-hydrogen) atoms. The van der Waals surface area contributed by atoms with E-state index < -0.39 is 11.9 Å². The molecule has 0 amide bonds. The van der Waals surface area contributed by atoms with Gasteiger partial charge in [0.25, 0.3) is 0 Å². The van der Waals surface area contributed by atoms with Gasteiger partial charge in [0, 0.05) is 12.2 Å². The molecule has 0 spiro atoms. The highest BCUT2D eigenvalue weighted by Crippen LogP contribution is 2.18. The molecule has 0 rings (SSSR count). The summed E-state index contributed by atoms with van der Waals surface area (Å²) in [6.07, 6.45) is 18.4. The van der Waals surface area contributed by atoms with Crippen LogP contribution >= 0.6 is 0 Å². The lowest BCUT2D eigenvalue weighted by atomic mass is 9.95. The van der Waals surface area contributed by atoms with Crippen molar-refractivity contribution in [2.24, 2.45) is 5.92 Å². The smallest absolute Gasteiger partial charge is 0.331 e. The number of esters is 2. The van der Waals surface area contributed by atoms with Gasteiger partial charge in [-0.3, -0.25) is 0 Å². The number of carbonyl (C=O) groups excluding carboxylic acids is 2. The minimum absolute atomic E-state index is 0.0780. The second-order valence-electron chi connectivity index (χ2n) is 8.06. The van der Waals surface area contributed by atoms with E-state index in [4.69, 9.17) is 9.47 Å². The maximum Gasteiger partial charge on any atom is 0.331 e. The van der Waals surface area contributed by atoms with Crippen molar-refractivity contribution in [1.29, 1.82) is 0 Å². The van der Waals surface area contributed by atoms with Crippen molar-refractivity contribution < 1.29 is 19.1 Å². The van der Waals surface area contributed by atoms with Crippen molar-refractivity contribution in [3.63, 3.8) is 0 Å². The summed E-state index contributed by atoms with van der Waals surface area (Å²) < 4.78 is 10.6. The summed E-state index contributed by atoms with van der Waals surface area (Å²) in [5.74, 6) is -0.234. The highest BCUT2D eigenvalue weighted by atomic mass is 16.5. The van der Waals surface area contributed by atoms with Crippen LogP contribution in [0.15, 0.2) is 12.2 Å². The third-order valence-electron chi connectivity index (χ3n) is 5.64. The van der Waals surface area contributed by atoms with E-state index in [0.29, 0.717) is 12.5 Å². The molecule has 170 valence electrons. The van der Waals surface area contributed by atoms with Crippen molar-refractivity contribution in [1.82, 2.24) is 0 Å². The highest BCUT2D eigenvalue weighted by Gasteiger charge is 2.13. The van der Waals surface area contributed by atoms with Crippen molar-refractivity contribution in [3.8, 4) is 0 Å². The van der Waals surface area contributed by atoms with E-state index >= 15 is 0 Å². The summed E-state index contributed by atoms with van der Waals surface area (Å²) in [4.78, 5) is 23.6. The molecule has 0 aliphatic rings. The molecule has 0 aromatic rings. The van der Waals surface area contributed by atoms with Gasteiger partial charge in [-0.05, 0) is 31.6 Å². The van der Waals surface area contributed by atoms with Gasteiger partial charge in [0.1, 0.15) is 6.10 Å². The summed E-state index contributed by atoms with van der Waals surface area (Å²) in [6.45, 7) is 9.07. The Morgan fingerprint density at radius 2 is 1.24 bits per heavy atom. The molecule has 0 radical (unpaired) electrons. The standard InChI is InChI=1S/C25H46O4/c1-5-9-10-11-12-13-14-15-16-21-28-24(26)19-20-25(27)29-23(8-4)18-17-22(6-2)7-3/h19-20,22-23H,5-18,21H2,1-4H3/b20-19+. The summed E-state index contributed by atoms with van der Waals surface area (Å²) in [7, 11) is 0. The lowest BCUT2D eigenvalue weighted by molar-refractivity contribution is -0.144. The molecule has 4 nitrogen and oxygen atoms in total. The summed E-state index contributed by atoms with van der Waals surface area (Å²) in [5, 5.41) is 0. The largest absolute Gasteiger partial charge is 0.463 e. The fourth-order valence-electron chi connectivity index (χ4n) is 3.44. The maximum atomic E-state index is 11.9. The van der Waals surface area contributed by atoms with Crippen molar-refractivity contribution in [2.45, 2.75) is 124 Å². The Morgan fingerprint density at radius 3 is 1.79 bits per heavy atom. The van der Waals surface area contributed by atoms with Crippen LogP contribution in [-0.2, 0) is 19.1 Å². The summed E-state index contributed by atoms with van der Waals surface area (Å²) in [5.41, 5.74) is 0. The number of unbranched alkanes of at least 4 members (excludes halogenated alkanes) is 8. The first-order valence-corrected chi connectivity index (χ1v) is 12.1. The average Bonchev–Trinajstić information content (AvgIpc) is 2.73. The first-order chi connectivity index (χ1) is 14.1. The zero-order valence-electron chi connectivity index (χ0n) is 19.5. The van der Waals surface area contributed by atoms with Gasteiger partial charge in [-0.1, -0.05) is 91.9 Å². The highest BCUT2D eigenvalue weighted by molar-refractivity contribution is 5.91. The van der Waals surface area contributed by atoms with Crippen LogP contribution in [0, 0.1) is 5.92 Å². The van der Waals surface area contributed by atoms with E-state index in [1.165, 1.54) is 57.1 Å². The molecular formula is C25H46O4. The molecule has 1 unspecified atom stereocenters. The Balaban J connectivity index is 3.81. The number of hydrogen-bond donors (Lipinski definition) is 0. The van der Waals surface area contributed by atoms with Crippen LogP contribution in [-0.4, -0.2) is 24.6 Å². The van der Waals surface area contributed by atoms with Gasteiger partial charge in [0.15, 0.2) is 0 Å². The van der Waals surface area contributed by atoms with Crippen molar-refractivity contribution in [2.75, 3.05) is 6.61 Å². The van der Waals surface area contributed by atoms with Gasteiger partial charge in [0.2, 0.25) is 0 Å². The Labute approximate surface area is 179 Å². The van der Waals surface area contributed by atoms with Gasteiger partial charge in [-0.25, -0.2) is 9.59 Å². The Kier molecular flexibility index (Phi) is 19.1. The SMILES string of the molecule is CCCCCCCCCCCOC(=O)/C=C/C(=O)OC(CC)CCC(CC)CC. The first kappa shape index (κ1) is 27.7. The number of ether oxygens (including phenoxy) is 2. The molecule has 0 N–H and O–H groups in total. The fourth-order valence-corrected chi connectivity index (χ4v) is 3.44. The molecule has 1 atom stereocenters. The van der Waals surface area contributed by atoms with Crippen LogP contribution in [0.4, 0.5) is 0 Å². The van der Waals surface area contributed by atoms with Crippen LogP contribution in [0.1, 0.15) is 118 Å². The lowest BCUT2D eigenvalue weighted by Crippen LogP contribution is -2.17. The van der Waals surface area contributed by atoms with Gasteiger partial charge >= 0.3 is 11.9 Å². The van der Waals surface area contributed by atoms with Gasteiger partial charge < -0.3 is 9.47 Å². The van der Waals surface area contributed by atoms with E-state index in [1.807, 2.05) is 6.92 Å². The fraction of sp³-hybridized carbons (Fsp3) is 0.840. The van der Waals surface area contributed by atoms with Gasteiger partial charge in [-0.15, -0.1) is 0 Å². The lowest BCUT2D eigenvalue weighted by Gasteiger charge is -2.18. The number of rotatable bonds is 19. The molecule has 0 fully saturated rings. The Bertz CT molecular complexity index is 427. The minimum Gasteiger partial charge on any atom is -0.463 e. The molecule has 0 saturated heterocycles. The molecule has 0 heterocycles. The van der Waals surface area contributed by atoms with Crippen molar-refractivity contribution in [3.05, 3.63) is 12.2 Å². The van der Waals surface area contributed by atoms with E-state index in [9.17, 15) is 9.59 Å². The van der Waals surface area contributed by atoms with Crippen LogP contribution in [0.3, 0.4) is 0 Å². The van der Waals surface area contributed by atoms with E-state index in [-0.39, 0.29) is 6.10 Å².